The Morgan fingerprint density at radius 3 is 2.40 bits per heavy atom. The molecular formula is C30H39Cl2F3N4O3S. The number of carbonyl (C=O) groups excluding carboxylic acids is 2. The van der Waals surface area contributed by atoms with Crippen molar-refractivity contribution in [3.05, 3.63) is 63.1 Å². The summed E-state index contributed by atoms with van der Waals surface area (Å²) in [5.41, 5.74) is 7.33. The Kier molecular flexibility index (Phi) is 13.3. The number of thioether (sulfide) groups is 1. The molecule has 1 heterocycles. The normalized spacial score (nSPS) is 16.1. The van der Waals surface area contributed by atoms with Crippen LogP contribution in [0.1, 0.15) is 48.8 Å². The van der Waals surface area contributed by atoms with Gasteiger partial charge < -0.3 is 20.3 Å². The molecule has 238 valence electrons. The molecule has 0 radical (unpaired) electrons. The topological polar surface area (TPSA) is 87.9 Å². The highest BCUT2D eigenvalue weighted by molar-refractivity contribution is 7.98. The smallest absolute Gasteiger partial charge is 0.416 e. The highest BCUT2D eigenvalue weighted by Crippen LogP contribution is 2.38. The minimum Gasteiger partial charge on any atom is -0.445 e. The van der Waals surface area contributed by atoms with E-state index in [1.165, 1.54) is 17.8 Å². The minimum absolute atomic E-state index is 0.0329. The summed E-state index contributed by atoms with van der Waals surface area (Å²) < 4.78 is 47.0. The molecule has 1 fully saturated rings. The first-order valence-electron chi connectivity index (χ1n) is 14.2. The number of anilines is 1. The van der Waals surface area contributed by atoms with Crippen LogP contribution in [0.5, 0.6) is 0 Å². The molecule has 2 aromatic rings. The molecule has 1 saturated heterocycles. The second-order valence-corrected chi connectivity index (χ2v) is 12.2. The zero-order valence-electron chi connectivity index (χ0n) is 24.6. The van der Waals surface area contributed by atoms with E-state index >= 15 is 0 Å². The van der Waals surface area contributed by atoms with Crippen molar-refractivity contribution < 1.29 is 27.5 Å². The van der Waals surface area contributed by atoms with Gasteiger partial charge in [-0.1, -0.05) is 42.6 Å². The molecule has 3 rings (SSSR count). The number of hydrogen-bond acceptors (Lipinski definition) is 7. The first kappa shape index (κ1) is 35.3. The Balaban J connectivity index is 1.79. The Labute approximate surface area is 265 Å². The van der Waals surface area contributed by atoms with Gasteiger partial charge in [0.15, 0.2) is 6.23 Å². The number of nitrogens with one attached hydrogen (secondary N) is 1. The summed E-state index contributed by atoms with van der Waals surface area (Å²) >= 11 is 13.6. The van der Waals surface area contributed by atoms with Crippen molar-refractivity contribution in [1.29, 1.82) is 0 Å². The van der Waals surface area contributed by atoms with Crippen molar-refractivity contribution in [3.8, 4) is 0 Å². The molecule has 3 atom stereocenters. The molecule has 1 aliphatic rings. The van der Waals surface area contributed by atoms with Crippen LogP contribution >= 0.6 is 35.0 Å². The van der Waals surface area contributed by atoms with Crippen LogP contribution in [-0.2, 0) is 26.9 Å². The number of rotatable bonds is 13. The molecule has 0 saturated carbocycles. The lowest BCUT2D eigenvalue weighted by atomic mass is 9.90. The van der Waals surface area contributed by atoms with E-state index in [9.17, 15) is 22.8 Å². The number of halogens is 5. The second kappa shape index (κ2) is 16.2. The van der Waals surface area contributed by atoms with E-state index in [4.69, 9.17) is 33.7 Å². The highest BCUT2D eigenvalue weighted by Gasteiger charge is 2.36. The number of piperazine rings is 1. The van der Waals surface area contributed by atoms with E-state index in [2.05, 4.69) is 5.32 Å². The number of aryl methyl sites for hydroxylation is 1. The Hall–Kier alpha value is -2.18. The van der Waals surface area contributed by atoms with Gasteiger partial charge in [0.05, 0.1) is 5.56 Å². The molecule has 0 aliphatic carbocycles. The molecule has 13 heteroatoms. The number of nitrogens with zero attached hydrogens (tertiary/aromatic N) is 2. The van der Waals surface area contributed by atoms with Crippen molar-refractivity contribution in [1.82, 2.24) is 10.2 Å². The number of hydrogen-bond donors (Lipinski definition) is 2. The summed E-state index contributed by atoms with van der Waals surface area (Å²) in [5, 5.41) is 3.95. The number of benzene rings is 2. The van der Waals surface area contributed by atoms with Gasteiger partial charge in [-0.25, -0.2) is 0 Å². The third kappa shape index (κ3) is 9.65. The maximum Gasteiger partial charge on any atom is 0.416 e. The van der Waals surface area contributed by atoms with Crippen molar-refractivity contribution in [3.63, 3.8) is 0 Å². The molecule has 3 N–H and O–H groups in total. The predicted molar refractivity (Wildman–Crippen MR) is 168 cm³/mol. The van der Waals surface area contributed by atoms with Crippen LogP contribution < -0.4 is 16.0 Å². The van der Waals surface area contributed by atoms with Gasteiger partial charge in [-0.2, -0.15) is 24.9 Å². The Bertz CT molecular complexity index is 1250. The van der Waals surface area contributed by atoms with Crippen molar-refractivity contribution >= 4 is 52.5 Å². The summed E-state index contributed by atoms with van der Waals surface area (Å²) in [6.45, 7) is 3.57. The van der Waals surface area contributed by atoms with Gasteiger partial charge >= 0.3 is 12.1 Å². The fraction of sp³-hybridized carbons (Fsp3) is 0.533. The molecule has 3 unspecified atom stereocenters. The van der Waals surface area contributed by atoms with Gasteiger partial charge in [0.25, 0.3) is 0 Å². The van der Waals surface area contributed by atoms with E-state index in [1.807, 2.05) is 18.1 Å². The highest BCUT2D eigenvalue weighted by atomic mass is 35.5. The van der Waals surface area contributed by atoms with Crippen LogP contribution in [0.4, 0.5) is 18.9 Å². The molecule has 0 spiro atoms. The standard InChI is InChI=1S/C30H39Cl2F3N4O3S/c1-4-5-26(37-2)42-29(41)28(36)23(18-43-3)22-16-20(30(33,34)35)8-10-25(22)38-12-14-39(15-13-38)27(40)11-7-19-6-9-21(31)17-24(19)32/h6,8-10,16-17,23,26,28,37H,4-5,7,11-15,18,36H2,1-3H3. The van der Waals surface area contributed by atoms with Gasteiger partial charge in [-0.3, -0.25) is 14.9 Å². The Morgan fingerprint density at radius 2 is 1.81 bits per heavy atom. The number of nitrogens with two attached hydrogens (primary N) is 1. The molecule has 0 bridgehead atoms. The first-order chi connectivity index (χ1) is 20.4. The van der Waals surface area contributed by atoms with Gasteiger partial charge in [0.1, 0.15) is 6.04 Å². The lowest BCUT2D eigenvalue weighted by Crippen LogP contribution is -2.49. The third-order valence-corrected chi connectivity index (χ3v) is 8.81. The number of alkyl halides is 3. The van der Waals surface area contributed by atoms with Crippen molar-refractivity contribution in [2.24, 2.45) is 5.73 Å². The zero-order chi connectivity index (χ0) is 31.7. The van der Waals surface area contributed by atoms with Crippen molar-refractivity contribution in [2.45, 2.75) is 57.0 Å². The molecule has 43 heavy (non-hydrogen) atoms. The number of ether oxygens (including phenoxy) is 1. The van der Waals surface area contributed by atoms with E-state index in [1.54, 1.807) is 30.1 Å². The monoisotopic (exact) mass is 662 g/mol. The van der Waals surface area contributed by atoms with Gasteiger partial charge in [0, 0.05) is 60.0 Å². The van der Waals surface area contributed by atoms with Crippen LogP contribution in [0.15, 0.2) is 36.4 Å². The van der Waals surface area contributed by atoms with E-state index in [0.29, 0.717) is 66.1 Å². The summed E-state index contributed by atoms with van der Waals surface area (Å²) in [6, 6.07) is 7.58. The van der Waals surface area contributed by atoms with Gasteiger partial charge in [0.2, 0.25) is 5.91 Å². The fourth-order valence-corrected chi connectivity index (χ4v) is 6.36. The summed E-state index contributed by atoms with van der Waals surface area (Å²) in [4.78, 5) is 29.7. The lowest BCUT2D eigenvalue weighted by molar-refractivity contribution is -0.152. The molecular weight excluding hydrogens is 624 g/mol. The average Bonchev–Trinajstić information content (AvgIpc) is 2.98. The first-order valence-corrected chi connectivity index (χ1v) is 16.3. The molecule has 7 nitrogen and oxygen atoms in total. The Morgan fingerprint density at radius 1 is 1.12 bits per heavy atom. The van der Waals surface area contributed by atoms with Crippen LogP contribution in [0, 0.1) is 0 Å². The SMILES string of the molecule is CCCC(NC)OC(=O)C(N)C(CSC)c1cc(C(F)(F)F)ccc1N1CCN(C(=O)CCc2ccc(Cl)cc2Cl)CC1. The number of esters is 1. The number of amides is 1. The van der Waals surface area contributed by atoms with E-state index in [-0.39, 0.29) is 12.3 Å². The average molecular weight is 664 g/mol. The molecule has 1 amide bonds. The molecule has 1 aliphatic heterocycles. The van der Waals surface area contributed by atoms with Gasteiger partial charge in [-0.15, -0.1) is 0 Å². The molecule has 0 aromatic heterocycles. The largest absolute Gasteiger partial charge is 0.445 e. The van der Waals surface area contributed by atoms with Gasteiger partial charge in [-0.05, 0) is 67.6 Å². The summed E-state index contributed by atoms with van der Waals surface area (Å²) in [7, 11) is 1.67. The maximum atomic E-state index is 13.8. The predicted octanol–water partition coefficient (Wildman–Crippen LogP) is 5.96. The van der Waals surface area contributed by atoms with Crippen LogP contribution in [0.2, 0.25) is 10.0 Å². The van der Waals surface area contributed by atoms with Crippen LogP contribution in [0.25, 0.3) is 0 Å². The number of carbonyl (C=O) groups is 2. The van der Waals surface area contributed by atoms with E-state index in [0.717, 1.165) is 24.1 Å². The van der Waals surface area contributed by atoms with Crippen LogP contribution in [0.3, 0.4) is 0 Å². The lowest BCUT2D eigenvalue weighted by Gasteiger charge is -2.38. The zero-order valence-corrected chi connectivity index (χ0v) is 26.9. The quantitative estimate of drug-likeness (QED) is 0.202. The second-order valence-electron chi connectivity index (χ2n) is 10.5. The van der Waals surface area contributed by atoms with Crippen LogP contribution in [-0.4, -0.2) is 74.3 Å². The summed E-state index contributed by atoms with van der Waals surface area (Å²) in [6.07, 6.45) is -1.22. The third-order valence-electron chi connectivity index (χ3n) is 7.53. The minimum atomic E-state index is -4.57. The van der Waals surface area contributed by atoms with E-state index < -0.39 is 35.9 Å². The van der Waals surface area contributed by atoms with Crippen molar-refractivity contribution in [2.75, 3.05) is 50.1 Å². The fourth-order valence-electron chi connectivity index (χ4n) is 5.11. The summed E-state index contributed by atoms with van der Waals surface area (Å²) in [5.74, 6) is -1.13. The maximum absolute atomic E-state index is 13.8. The molecule has 2 aromatic carbocycles.